The van der Waals surface area contributed by atoms with Crippen LogP contribution in [-0.2, 0) is 4.79 Å². The summed E-state index contributed by atoms with van der Waals surface area (Å²) in [6.45, 7) is 3.67. The van der Waals surface area contributed by atoms with E-state index >= 15 is 0 Å². The zero-order valence-electron chi connectivity index (χ0n) is 12.6. The first-order valence-electron chi connectivity index (χ1n) is 7.78. The lowest BCUT2D eigenvalue weighted by Gasteiger charge is -2.35. The van der Waals surface area contributed by atoms with Gasteiger partial charge < -0.3 is 10.2 Å². The fourth-order valence-electron chi connectivity index (χ4n) is 2.91. The molecule has 1 amide bonds. The van der Waals surface area contributed by atoms with Crippen molar-refractivity contribution < 1.29 is 4.79 Å². The molecule has 1 heterocycles. The van der Waals surface area contributed by atoms with E-state index in [1.807, 2.05) is 12.1 Å². The summed E-state index contributed by atoms with van der Waals surface area (Å²) < 4.78 is 0. The minimum absolute atomic E-state index is 0.241. The molecule has 1 aromatic rings. The number of piperidine rings is 1. The Kier molecular flexibility index (Phi) is 5.62. The molecule has 0 aromatic heterocycles. The fraction of sp³-hybridized carbons (Fsp3) is 0.529. The Morgan fingerprint density at radius 1 is 1.48 bits per heavy atom. The van der Waals surface area contributed by atoms with Crippen molar-refractivity contribution in [2.75, 3.05) is 18.4 Å². The molecule has 1 fully saturated rings. The second kappa shape index (κ2) is 7.68. The first-order valence-corrected chi connectivity index (χ1v) is 7.78. The van der Waals surface area contributed by atoms with Gasteiger partial charge in [0.05, 0.1) is 11.6 Å². The Balaban J connectivity index is 1.82. The number of hydrogen-bond acceptors (Lipinski definition) is 3. The number of hydrogen-bond donors (Lipinski definition) is 1. The summed E-state index contributed by atoms with van der Waals surface area (Å²) in [5.41, 5.74) is 1.53. The number of likely N-dealkylation sites (tertiary alicyclic amines) is 1. The average molecular weight is 285 g/mol. The van der Waals surface area contributed by atoms with E-state index in [9.17, 15) is 4.79 Å². The van der Waals surface area contributed by atoms with Crippen LogP contribution < -0.4 is 5.32 Å². The second-order valence-electron chi connectivity index (χ2n) is 5.51. The zero-order valence-corrected chi connectivity index (χ0v) is 12.6. The third-order valence-electron chi connectivity index (χ3n) is 4.08. The quantitative estimate of drug-likeness (QED) is 0.904. The summed E-state index contributed by atoms with van der Waals surface area (Å²) in [6, 6.07) is 9.89. The molecule has 0 aliphatic carbocycles. The number of carbonyl (C=O) groups excluding carboxylic acids is 1. The van der Waals surface area contributed by atoms with Gasteiger partial charge in [-0.25, -0.2) is 0 Å². The third-order valence-corrected chi connectivity index (χ3v) is 4.08. The Bertz CT molecular complexity index is 521. The van der Waals surface area contributed by atoms with Gasteiger partial charge in [-0.2, -0.15) is 5.26 Å². The van der Waals surface area contributed by atoms with Crippen LogP contribution in [0.3, 0.4) is 0 Å². The smallest absolute Gasteiger partial charge is 0.224 e. The predicted octanol–water partition coefficient (Wildman–Crippen LogP) is 3.15. The van der Waals surface area contributed by atoms with E-state index in [1.165, 1.54) is 6.42 Å². The molecular weight excluding hydrogens is 262 g/mol. The van der Waals surface area contributed by atoms with Gasteiger partial charge in [0.25, 0.3) is 0 Å². The maximum absolute atomic E-state index is 12.3. The van der Waals surface area contributed by atoms with Crippen molar-refractivity contribution >= 4 is 11.6 Å². The first kappa shape index (κ1) is 15.4. The number of nitriles is 1. The number of nitrogens with one attached hydrogen (secondary N) is 1. The van der Waals surface area contributed by atoms with E-state index in [0.717, 1.165) is 31.5 Å². The molecule has 4 heteroatoms. The van der Waals surface area contributed by atoms with E-state index in [0.29, 0.717) is 24.6 Å². The molecule has 1 atom stereocenters. The minimum atomic E-state index is 0.241. The number of amides is 1. The SMILES string of the molecule is CCC1CCCCN1C(=O)CCNc1cccc(C#N)c1. The Morgan fingerprint density at radius 2 is 2.33 bits per heavy atom. The highest BCUT2D eigenvalue weighted by Gasteiger charge is 2.24. The monoisotopic (exact) mass is 285 g/mol. The van der Waals surface area contributed by atoms with Crippen LogP contribution in [0.1, 0.15) is 44.6 Å². The van der Waals surface area contributed by atoms with E-state index in [-0.39, 0.29) is 5.91 Å². The van der Waals surface area contributed by atoms with Gasteiger partial charge in [0, 0.05) is 31.2 Å². The van der Waals surface area contributed by atoms with Crippen LogP contribution in [0.5, 0.6) is 0 Å². The van der Waals surface area contributed by atoms with Crippen molar-refractivity contribution in [1.82, 2.24) is 4.90 Å². The van der Waals surface area contributed by atoms with Crippen LogP contribution in [0.2, 0.25) is 0 Å². The molecule has 1 N–H and O–H groups in total. The van der Waals surface area contributed by atoms with Gasteiger partial charge in [-0.3, -0.25) is 4.79 Å². The normalized spacial score (nSPS) is 18.1. The van der Waals surface area contributed by atoms with Crippen molar-refractivity contribution in [2.24, 2.45) is 0 Å². The third kappa shape index (κ3) is 4.22. The molecule has 0 saturated carbocycles. The van der Waals surface area contributed by atoms with Gasteiger partial charge in [-0.05, 0) is 43.9 Å². The largest absolute Gasteiger partial charge is 0.384 e. The number of nitrogens with zero attached hydrogens (tertiary/aromatic N) is 2. The number of anilines is 1. The summed E-state index contributed by atoms with van der Waals surface area (Å²) in [6.07, 6.45) is 5.05. The van der Waals surface area contributed by atoms with Gasteiger partial charge >= 0.3 is 0 Å². The van der Waals surface area contributed by atoms with E-state index in [1.54, 1.807) is 12.1 Å². The Morgan fingerprint density at radius 3 is 3.10 bits per heavy atom. The molecule has 1 aliphatic rings. The molecule has 112 valence electrons. The van der Waals surface area contributed by atoms with Crippen LogP contribution >= 0.6 is 0 Å². The van der Waals surface area contributed by atoms with E-state index in [2.05, 4.69) is 23.2 Å². The summed E-state index contributed by atoms with van der Waals surface area (Å²) >= 11 is 0. The van der Waals surface area contributed by atoms with Crippen molar-refractivity contribution in [2.45, 2.75) is 45.1 Å². The zero-order chi connectivity index (χ0) is 15.1. The number of rotatable bonds is 5. The topological polar surface area (TPSA) is 56.1 Å². The highest BCUT2D eigenvalue weighted by Crippen LogP contribution is 2.20. The van der Waals surface area contributed by atoms with Crippen molar-refractivity contribution in [3.63, 3.8) is 0 Å². The summed E-state index contributed by atoms with van der Waals surface area (Å²) in [5, 5.41) is 12.1. The molecule has 0 bridgehead atoms. The van der Waals surface area contributed by atoms with Crippen LogP contribution in [-0.4, -0.2) is 29.9 Å². The lowest BCUT2D eigenvalue weighted by atomic mass is 9.99. The minimum Gasteiger partial charge on any atom is -0.384 e. The maximum Gasteiger partial charge on any atom is 0.224 e. The Hall–Kier alpha value is -2.02. The fourth-order valence-corrected chi connectivity index (χ4v) is 2.91. The molecule has 1 saturated heterocycles. The predicted molar refractivity (Wildman–Crippen MR) is 83.9 cm³/mol. The average Bonchev–Trinajstić information content (AvgIpc) is 2.55. The van der Waals surface area contributed by atoms with Gasteiger partial charge in [0.1, 0.15) is 0 Å². The van der Waals surface area contributed by atoms with E-state index in [4.69, 9.17) is 5.26 Å². The lowest BCUT2D eigenvalue weighted by Crippen LogP contribution is -2.43. The molecule has 4 nitrogen and oxygen atoms in total. The molecule has 1 aliphatic heterocycles. The van der Waals surface area contributed by atoms with Crippen molar-refractivity contribution in [3.05, 3.63) is 29.8 Å². The standard InChI is InChI=1S/C17H23N3O/c1-2-16-8-3-4-11-20(16)17(21)9-10-19-15-7-5-6-14(12-15)13-18/h5-7,12,16,19H,2-4,8-11H2,1H3. The molecule has 0 spiro atoms. The Labute approximate surface area is 126 Å². The summed E-state index contributed by atoms with van der Waals surface area (Å²) in [5.74, 6) is 0.241. The highest BCUT2D eigenvalue weighted by atomic mass is 16.2. The van der Waals surface area contributed by atoms with Gasteiger partial charge in [-0.1, -0.05) is 13.0 Å². The van der Waals surface area contributed by atoms with Crippen LogP contribution in [0.15, 0.2) is 24.3 Å². The lowest BCUT2D eigenvalue weighted by molar-refractivity contribution is -0.134. The summed E-state index contributed by atoms with van der Waals surface area (Å²) in [7, 11) is 0. The van der Waals surface area contributed by atoms with Gasteiger partial charge in [0.15, 0.2) is 0 Å². The van der Waals surface area contributed by atoms with Crippen molar-refractivity contribution in [3.8, 4) is 6.07 Å². The second-order valence-corrected chi connectivity index (χ2v) is 5.51. The van der Waals surface area contributed by atoms with Crippen LogP contribution in [0, 0.1) is 11.3 Å². The number of benzene rings is 1. The first-order chi connectivity index (χ1) is 10.2. The highest BCUT2D eigenvalue weighted by molar-refractivity contribution is 5.77. The molecule has 1 aromatic carbocycles. The van der Waals surface area contributed by atoms with Crippen LogP contribution in [0.25, 0.3) is 0 Å². The summed E-state index contributed by atoms with van der Waals surface area (Å²) in [4.78, 5) is 14.4. The molecule has 2 rings (SSSR count). The van der Waals surface area contributed by atoms with Gasteiger partial charge in [-0.15, -0.1) is 0 Å². The van der Waals surface area contributed by atoms with E-state index < -0.39 is 0 Å². The van der Waals surface area contributed by atoms with Crippen molar-refractivity contribution in [1.29, 1.82) is 5.26 Å². The molecule has 0 radical (unpaired) electrons. The maximum atomic E-state index is 12.3. The number of carbonyl (C=O) groups is 1. The molecule has 21 heavy (non-hydrogen) atoms. The van der Waals surface area contributed by atoms with Crippen LogP contribution in [0.4, 0.5) is 5.69 Å². The van der Waals surface area contributed by atoms with Gasteiger partial charge in [0.2, 0.25) is 5.91 Å². The molecule has 1 unspecified atom stereocenters. The molecular formula is C17H23N3O.